The number of nitrogens with two attached hydrogens (primary N) is 1. The molecule has 2 rings (SSSR count). The molecule has 20 heavy (non-hydrogen) atoms. The lowest BCUT2D eigenvalue weighted by molar-refractivity contribution is 0.0997. The van der Waals surface area contributed by atoms with Gasteiger partial charge in [0.05, 0.1) is 10.6 Å². The first kappa shape index (κ1) is 14.6. The van der Waals surface area contributed by atoms with E-state index < -0.39 is 5.91 Å². The summed E-state index contributed by atoms with van der Waals surface area (Å²) in [7, 11) is 0. The molecule has 0 fully saturated rings. The zero-order chi connectivity index (χ0) is 14.7. The van der Waals surface area contributed by atoms with Gasteiger partial charge in [0, 0.05) is 17.8 Å². The van der Waals surface area contributed by atoms with Crippen molar-refractivity contribution < 1.29 is 4.79 Å². The third kappa shape index (κ3) is 3.40. The summed E-state index contributed by atoms with van der Waals surface area (Å²) in [5.41, 5.74) is 6.45. The lowest BCUT2D eigenvalue weighted by Crippen LogP contribution is -2.30. The van der Waals surface area contributed by atoms with Crippen molar-refractivity contribution in [3.8, 4) is 0 Å². The van der Waals surface area contributed by atoms with Crippen LogP contribution in [-0.4, -0.2) is 10.5 Å². The van der Waals surface area contributed by atoms with E-state index in [0.717, 1.165) is 5.56 Å². The average Bonchev–Trinajstić information content (AvgIpc) is 2.39. The monoisotopic (exact) mass is 309 g/mol. The lowest BCUT2D eigenvalue weighted by Gasteiger charge is -2.10. The Morgan fingerprint density at radius 3 is 2.65 bits per heavy atom. The second kappa shape index (κ2) is 6.11. The van der Waals surface area contributed by atoms with Gasteiger partial charge in [-0.05, 0) is 30.2 Å². The molecule has 0 atom stereocenters. The number of carbonyl (C=O) groups is 1. The van der Waals surface area contributed by atoms with Crippen LogP contribution in [0.15, 0.2) is 36.5 Å². The van der Waals surface area contributed by atoms with Gasteiger partial charge in [0.2, 0.25) is 0 Å². The van der Waals surface area contributed by atoms with Gasteiger partial charge in [0.25, 0.3) is 5.91 Å². The van der Waals surface area contributed by atoms with Crippen LogP contribution in [0.5, 0.6) is 0 Å². The molecule has 0 bridgehead atoms. The Hall–Kier alpha value is -1.78. The van der Waals surface area contributed by atoms with Crippen LogP contribution in [0.2, 0.25) is 10.0 Å². The van der Waals surface area contributed by atoms with E-state index in [1.807, 2.05) is 18.2 Å². The van der Waals surface area contributed by atoms with Gasteiger partial charge >= 0.3 is 0 Å². The van der Waals surface area contributed by atoms with Crippen molar-refractivity contribution in [2.75, 3.05) is 0 Å². The molecule has 1 heterocycles. The molecule has 0 unspecified atom stereocenters. The smallest absolute Gasteiger partial charge is 0.252 e. The molecule has 0 aliphatic heterocycles. The van der Waals surface area contributed by atoms with Gasteiger partial charge < -0.3 is 10.3 Å². The average molecular weight is 310 g/mol. The van der Waals surface area contributed by atoms with Crippen LogP contribution in [0.25, 0.3) is 0 Å². The van der Waals surface area contributed by atoms with Crippen molar-refractivity contribution >= 4 is 29.1 Å². The summed E-state index contributed by atoms with van der Waals surface area (Å²) >= 11 is 11.9. The third-order valence-electron chi connectivity index (χ3n) is 2.90. The molecule has 0 aliphatic carbocycles. The molecule has 0 saturated heterocycles. The molecule has 0 saturated carbocycles. The zero-order valence-corrected chi connectivity index (χ0v) is 12.1. The molecule has 6 heteroatoms. The maximum absolute atomic E-state index is 11.3. The summed E-state index contributed by atoms with van der Waals surface area (Å²) in [4.78, 5) is 11.3. The molecular formula is C14H13Cl2N3O. The van der Waals surface area contributed by atoms with Gasteiger partial charge in [0.15, 0.2) is 0 Å². The summed E-state index contributed by atoms with van der Waals surface area (Å²) in [6.07, 6.45) is 2.29. The van der Waals surface area contributed by atoms with Crippen LogP contribution < -0.4 is 11.2 Å². The summed E-state index contributed by atoms with van der Waals surface area (Å²) in [5.74, 6) is -0.658. The third-order valence-corrected chi connectivity index (χ3v) is 3.34. The van der Waals surface area contributed by atoms with Gasteiger partial charge in [-0.25, -0.2) is 0 Å². The van der Waals surface area contributed by atoms with Gasteiger partial charge in [-0.1, -0.05) is 35.3 Å². The van der Waals surface area contributed by atoms with E-state index in [9.17, 15) is 4.79 Å². The summed E-state index contributed by atoms with van der Waals surface area (Å²) in [6, 6.07) is 8.90. The van der Waals surface area contributed by atoms with Crippen LogP contribution in [-0.2, 0) is 13.0 Å². The van der Waals surface area contributed by atoms with Crippen molar-refractivity contribution in [1.29, 1.82) is 5.41 Å². The number of nitrogens with zero attached hydrogens (tertiary/aromatic N) is 1. The number of rotatable bonds is 4. The van der Waals surface area contributed by atoms with Gasteiger partial charge in [0.1, 0.15) is 5.49 Å². The molecule has 0 aliphatic rings. The van der Waals surface area contributed by atoms with Crippen molar-refractivity contribution in [3.63, 3.8) is 0 Å². The van der Waals surface area contributed by atoms with Gasteiger partial charge in [-0.2, -0.15) is 0 Å². The van der Waals surface area contributed by atoms with E-state index in [4.69, 9.17) is 34.3 Å². The highest BCUT2D eigenvalue weighted by Gasteiger charge is 2.08. The standard InChI is InChI=1S/C14H13Cl2N3O/c15-10-3-1-2-9(6-10)4-5-19-8-11(16)7-12(13(19)17)14(18)20/h1-3,6-8,17H,4-5H2,(H2,18,20). The van der Waals surface area contributed by atoms with Crippen LogP contribution >= 0.6 is 23.2 Å². The number of halogens is 2. The Balaban J connectivity index is 2.26. The number of aromatic nitrogens is 1. The molecule has 3 N–H and O–H groups in total. The Kier molecular flexibility index (Phi) is 4.47. The Bertz CT molecular complexity index is 710. The number of benzene rings is 1. The van der Waals surface area contributed by atoms with Crippen LogP contribution in [0.3, 0.4) is 0 Å². The van der Waals surface area contributed by atoms with Crippen molar-refractivity contribution in [3.05, 3.63) is 63.2 Å². The number of carbonyl (C=O) groups excluding carboxylic acids is 1. The molecule has 1 amide bonds. The Morgan fingerprint density at radius 2 is 2.00 bits per heavy atom. The van der Waals surface area contributed by atoms with E-state index in [1.165, 1.54) is 6.07 Å². The number of aryl methyl sites for hydroxylation is 2. The first-order chi connectivity index (χ1) is 9.47. The highest BCUT2D eigenvalue weighted by molar-refractivity contribution is 6.31. The topological polar surface area (TPSA) is 71.9 Å². The minimum absolute atomic E-state index is 0.0592. The molecular weight excluding hydrogens is 297 g/mol. The van der Waals surface area contributed by atoms with Gasteiger partial charge in [-0.3, -0.25) is 10.2 Å². The molecule has 2 aromatic rings. The molecule has 4 nitrogen and oxygen atoms in total. The van der Waals surface area contributed by atoms with Crippen molar-refractivity contribution in [2.45, 2.75) is 13.0 Å². The predicted octanol–water partition coefficient (Wildman–Crippen LogP) is 2.62. The fourth-order valence-corrected chi connectivity index (χ4v) is 2.36. The first-order valence-electron chi connectivity index (χ1n) is 5.96. The van der Waals surface area contributed by atoms with E-state index in [-0.39, 0.29) is 11.1 Å². The molecule has 0 radical (unpaired) electrons. The summed E-state index contributed by atoms with van der Waals surface area (Å²) in [5, 5.41) is 9.00. The minimum atomic E-state index is -0.658. The number of hydrogen-bond acceptors (Lipinski definition) is 2. The number of pyridine rings is 1. The number of nitrogens with one attached hydrogen (secondary N) is 1. The summed E-state index contributed by atoms with van der Waals surface area (Å²) < 4.78 is 1.60. The SMILES string of the molecule is N=c1c(C(N)=O)cc(Cl)cn1CCc1cccc(Cl)c1. The van der Waals surface area contributed by atoms with Gasteiger partial charge in [-0.15, -0.1) is 0 Å². The number of primary amides is 1. The second-order valence-corrected chi connectivity index (χ2v) is 5.23. The number of hydrogen-bond donors (Lipinski definition) is 2. The van der Waals surface area contributed by atoms with E-state index in [2.05, 4.69) is 0 Å². The summed E-state index contributed by atoms with van der Waals surface area (Å²) in [6.45, 7) is 0.514. The normalized spacial score (nSPS) is 10.5. The fourth-order valence-electron chi connectivity index (χ4n) is 1.92. The molecule has 104 valence electrons. The van der Waals surface area contributed by atoms with Crippen molar-refractivity contribution in [1.82, 2.24) is 4.57 Å². The highest BCUT2D eigenvalue weighted by Crippen LogP contribution is 2.12. The maximum atomic E-state index is 11.3. The Morgan fingerprint density at radius 1 is 1.25 bits per heavy atom. The van der Waals surface area contributed by atoms with Crippen LogP contribution in [0.4, 0.5) is 0 Å². The fraction of sp³-hybridized carbons (Fsp3) is 0.143. The van der Waals surface area contributed by atoms with Crippen LogP contribution in [0, 0.1) is 5.41 Å². The van der Waals surface area contributed by atoms with Crippen molar-refractivity contribution in [2.24, 2.45) is 5.73 Å². The van der Waals surface area contributed by atoms with E-state index >= 15 is 0 Å². The van der Waals surface area contributed by atoms with E-state index in [1.54, 1.807) is 16.8 Å². The first-order valence-corrected chi connectivity index (χ1v) is 6.72. The molecule has 1 aromatic carbocycles. The largest absolute Gasteiger partial charge is 0.365 e. The lowest BCUT2D eigenvalue weighted by atomic mass is 10.1. The minimum Gasteiger partial charge on any atom is -0.365 e. The van der Waals surface area contributed by atoms with Crippen LogP contribution in [0.1, 0.15) is 15.9 Å². The maximum Gasteiger partial charge on any atom is 0.252 e. The predicted molar refractivity (Wildman–Crippen MR) is 79.0 cm³/mol. The molecule has 1 aromatic heterocycles. The Labute approximate surface area is 126 Å². The second-order valence-electron chi connectivity index (χ2n) is 4.36. The van der Waals surface area contributed by atoms with E-state index in [0.29, 0.717) is 23.0 Å². The zero-order valence-electron chi connectivity index (χ0n) is 10.6. The number of amides is 1. The molecule has 0 spiro atoms. The highest BCUT2D eigenvalue weighted by atomic mass is 35.5. The quantitative estimate of drug-likeness (QED) is 0.895.